The van der Waals surface area contributed by atoms with Crippen LogP contribution in [0.5, 0.6) is 0 Å². The van der Waals surface area contributed by atoms with Crippen LogP contribution in [0.15, 0.2) is 24.3 Å². The number of hydrogen-bond donors (Lipinski definition) is 0. The molecule has 0 heterocycles. The minimum atomic E-state index is -0.444. The Morgan fingerprint density at radius 2 is 0.966 bits per heavy atom. The Morgan fingerprint density at radius 3 is 1.34 bits per heavy atom. The fourth-order valence-corrected chi connectivity index (χ4v) is 3.09. The molecule has 0 N–H and O–H groups in total. The zero-order valence-corrected chi connectivity index (χ0v) is 21.5. The Morgan fingerprint density at radius 1 is 0.621 bits per heavy atom. The molecule has 1 aromatic rings. The topological polar surface area (TPSA) is 52.6 Å². The van der Waals surface area contributed by atoms with Crippen LogP contribution in [-0.2, 0) is 29.0 Å². The SMILES string of the molecule is CCCCCCCCOC(=O)c1ccccc1C(=O)OCCCCCCCC.[Zn]. The molecule has 4 nitrogen and oxygen atoms in total. The van der Waals surface area contributed by atoms with Crippen LogP contribution in [0.4, 0.5) is 0 Å². The number of hydrogen-bond acceptors (Lipinski definition) is 4. The van der Waals surface area contributed by atoms with Crippen molar-refractivity contribution in [2.75, 3.05) is 13.2 Å². The predicted octanol–water partition coefficient (Wildman–Crippen LogP) is 6.72. The molecule has 0 bridgehead atoms. The molecule has 160 valence electrons. The molecular weight excluding hydrogens is 418 g/mol. The molecule has 0 unspecified atom stereocenters. The molecule has 29 heavy (non-hydrogen) atoms. The van der Waals surface area contributed by atoms with E-state index in [0.717, 1.165) is 25.7 Å². The molecule has 0 amide bonds. The Bertz CT molecular complexity index is 511. The molecule has 0 aromatic heterocycles. The Kier molecular flexibility index (Phi) is 18.0. The van der Waals surface area contributed by atoms with Crippen molar-refractivity contribution in [1.82, 2.24) is 0 Å². The van der Waals surface area contributed by atoms with Crippen molar-refractivity contribution in [3.63, 3.8) is 0 Å². The molecule has 0 aliphatic carbocycles. The van der Waals surface area contributed by atoms with E-state index in [9.17, 15) is 9.59 Å². The van der Waals surface area contributed by atoms with Crippen LogP contribution in [0.3, 0.4) is 0 Å². The number of esters is 2. The number of carbonyl (C=O) groups is 2. The summed E-state index contributed by atoms with van der Waals surface area (Å²) < 4.78 is 10.7. The van der Waals surface area contributed by atoms with Crippen molar-refractivity contribution < 1.29 is 38.5 Å². The quantitative estimate of drug-likeness (QED) is 0.158. The summed E-state index contributed by atoms with van der Waals surface area (Å²) in [7, 11) is 0. The molecule has 1 rings (SSSR count). The van der Waals surface area contributed by atoms with Crippen LogP contribution in [0.1, 0.15) is 112 Å². The molecule has 0 saturated heterocycles. The van der Waals surface area contributed by atoms with Crippen LogP contribution in [0, 0.1) is 0 Å². The minimum absolute atomic E-state index is 0. The normalized spacial score (nSPS) is 10.3. The first-order chi connectivity index (χ1) is 13.7. The first-order valence-electron chi connectivity index (χ1n) is 11.1. The smallest absolute Gasteiger partial charge is 0.339 e. The Labute approximate surface area is 189 Å². The van der Waals surface area contributed by atoms with Gasteiger partial charge in [-0.25, -0.2) is 9.59 Å². The van der Waals surface area contributed by atoms with Crippen LogP contribution in [-0.4, -0.2) is 25.2 Å². The second kappa shape index (κ2) is 18.8. The molecule has 1 aromatic carbocycles. The molecule has 0 radical (unpaired) electrons. The number of unbranched alkanes of at least 4 members (excludes halogenated alkanes) is 10. The van der Waals surface area contributed by atoms with Gasteiger partial charge in [0.25, 0.3) is 0 Å². The van der Waals surface area contributed by atoms with Gasteiger partial charge in [0, 0.05) is 19.5 Å². The second-order valence-corrected chi connectivity index (χ2v) is 7.35. The molecular formula is C24H38O4Zn. The second-order valence-electron chi connectivity index (χ2n) is 7.35. The van der Waals surface area contributed by atoms with Crippen LogP contribution < -0.4 is 0 Å². The fourth-order valence-electron chi connectivity index (χ4n) is 3.09. The van der Waals surface area contributed by atoms with Crippen molar-refractivity contribution in [2.24, 2.45) is 0 Å². The Balaban J connectivity index is 0.00000784. The number of rotatable bonds is 16. The van der Waals surface area contributed by atoms with E-state index in [2.05, 4.69) is 13.8 Å². The summed E-state index contributed by atoms with van der Waals surface area (Å²) in [4.78, 5) is 24.7. The third-order valence-corrected chi connectivity index (χ3v) is 4.83. The van der Waals surface area contributed by atoms with E-state index in [4.69, 9.17) is 9.47 Å². The molecule has 0 spiro atoms. The van der Waals surface area contributed by atoms with Crippen LogP contribution >= 0.6 is 0 Å². The standard InChI is InChI=1S/C24H38O4.Zn/c1-3-5-7-9-11-15-19-27-23(25)21-17-13-14-18-22(21)24(26)28-20-16-12-10-8-6-4-2;/h13-14,17-18H,3-12,15-16,19-20H2,1-2H3;. The largest absolute Gasteiger partial charge is 0.462 e. The van der Waals surface area contributed by atoms with E-state index in [0.29, 0.717) is 24.3 Å². The van der Waals surface area contributed by atoms with E-state index >= 15 is 0 Å². The summed E-state index contributed by atoms with van der Waals surface area (Å²) in [5.74, 6) is -0.888. The summed E-state index contributed by atoms with van der Waals surface area (Å²) in [5.41, 5.74) is 0.586. The van der Waals surface area contributed by atoms with Gasteiger partial charge in [-0.1, -0.05) is 90.2 Å². The van der Waals surface area contributed by atoms with Crippen molar-refractivity contribution >= 4 is 11.9 Å². The van der Waals surface area contributed by atoms with Gasteiger partial charge in [0.15, 0.2) is 0 Å². The first-order valence-corrected chi connectivity index (χ1v) is 11.1. The van der Waals surface area contributed by atoms with Gasteiger partial charge < -0.3 is 9.47 Å². The van der Waals surface area contributed by atoms with Gasteiger partial charge in [0.2, 0.25) is 0 Å². The number of ether oxygens (including phenoxy) is 2. The van der Waals surface area contributed by atoms with Gasteiger partial charge in [-0.15, -0.1) is 0 Å². The van der Waals surface area contributed by atoms with E-state index < -0.39 is 11.9 Å². The maximum Gasteiger partial charge on any atom is 0.339 e. The van der Waals surface area contributed by atoms with Gasteiger partial charge in [0.05, 0.1) is 24.3 Å². The summed E-state index contributed by atoms with van der Waals surface area (Å²) in [6.45, 7) is 5.17. The van der Waals surface area contributed by atoms with E-state index in [1.807, 2.05) is 0 Å². The molecule has 5 heteroatoms. The van der Waals surface area contributed by atoms with Gasteiger partial charge in [-0.2, -0.15) is 0 Å². The third kappa shape index (κ3) is 12.8. The van der Waals surface area contributed by atoms with Crippen molar-refractivity contribution in [3.05, 3.63) is 35.4 Å². The summed E-state index contributed by atoms with van der Waals surface area (Å²) in [6.07, 6.45) is 13.6. The van der Waals surface area contributed by atoms with Gasteiger partial charge in [-0.05, 0) is 25.0 Å². The zero-order valence-electron chi connectivity index (χ0n) is 18.5. The van der Waals surface area contributed by atoms with Gasteiger partial charge >= 0.3 is 11.9 Å². The van der Waals surface area contributed by atoms with E-state index in [-0.39, 0.29) is 19.5 Å². The monoisotopic (exact) mass is 454 g/mol. The fraction of sp³-hybridized carbons (Fsp3) is 0.667. The van der Waals surface area contributed by atoms with Crippen molar-refractivity contribution in [2.45, 2.75) is 90.9 Å². The molecule has 0 saturated carbocycles. The summed E-state index contributed by atoms with van der Waals surface area (Å²) in [5, 5.41) is 0. The average Bonchev–Trinajstić information content (AvgIpc) is 2.72. The number of carbonyl (C=O) groups excluding carboxylic acids is 2. The maximum absolute atomic E-state index is 12.4. The maximum atomic E-state index is 12.4. The summed E-state index contributed by atoms with van der Waals surface area (Å²) in [6, 6.07) is 6.74. The van der Waals surface area contributed by atoms with E-state index in [1.54, 1.807) is 24.3 Å². The van der Waals surface area contributed by atoms with Gasteiger partial charge in [-0.3, -0.25) is 0 Å². The average molecular weight is 456 g/mol. The Hall–Kier alpha value is -1.22. The number of benzene rings is 1. The van der Waals surface area contributed by atoms with E-state index in [1.165, 1.54) is 51.4 Å². The zero-order chi connectivity index (χ0) is 20.5. The van der Waals surface area contributed by atoms with Crippen LogP contribution in [0.2, 0.25) is 0 Å². The molecule has 0 aliphatic heterocycles. The molecule has 0 atom stereocenters. The predicted molar refractivity (Wildman–Crippen MR) is 114 cm³/mol. The van der Waals surface area contributed by atoms with Gasteiger partial charge in [0.1, 0.15) is 0 Å². The third-order valence-electron chi connectivity index (χ3n) is 4.83. The van der Waals surface area contributed by atoms with Crippen LogP contribution in [0.25, 0.3) is 0 Å². The summed E-state index contributed by atoms with van der Waals surface area (Å²) >= 11 is 0. The van der Waals surface area contributed by atoms with Crippen molar-refractivity contribution in [3.8, 4) is 0 Å². The molecule has 0 fully saturated rings. The molecule has 0 aliphatic rings. The van der Waals surface area contributed by atoms with Crippen molar-refractivity contribution in [1.29, 1.82) is 0 Å². The minimum Gasteiger partial charge on any atom is -0.462 e. The first kappa shape index (κ1) is 27.8.